The van der Waals surface area contributed by atoms with E-state index in [0.29, 0.717) is 6.61 Å². The summed E-state index contributed by atoms with van der Waals surface area (Å²) in [6.07, 6.45) is 2.69. The first-order valence-electron chi connectivity index (χ1n) is 6.19. The number of ether oxygens (including phenoxy) is 1. The Kier molecular flexibility index (Phi) is 8.70. The van der Waals surface area contributed by atoms with E-state index in [1.165, 1.54) is 6.92 Å². The van der Waals surface area contributed by atoms with Gasteiger partial charge in [-0.2, -0.15) is 5.26 Å². The number of unbranched alkanes of at least 4 members (excludes halogenated alkanes) is 2. The van der Waals surface area contributed by atoms with Gasteiger partial charge in [-0.05, 0) is 6.42 Å². The van der Waals surface area contributed by atoms with Gasteiger partial charge in [0.2, 0.25) is 0 Å². The van der Waals surface area contributed by atoms with Crippen LogP contribution in [-0.4, -0.2) is 31.5 Å². The molecule has 0 spiro atoms. The van der Waals surface area contributed by atoms with Gasteiger partial charge < -0.3 is 9.26 Å². The van der Waals surface area contributed by atoms with E-state index in [0.717, 1.165) is 19.3 Å². The zero-order chi connectivity index (χ0) is 14.0. The number of hydrogen-bond acceptors (Lipinski definition) is 5. The van der Waals surface area contributed by atoms with Gasteiger partial charge in [0, 0.05) is 26.2 Å². The lowest BCUT2D eigenvalue weighted by molar-refractivity contribution is -0.143. The third-order valence-electron chi connectivity index (χ3n) is 2.36. The second kappa shape index (κ2) is 9.13. The lowest BCUT2D eigenvalue weighted by Gasteiger charge is -2.15. The zero-order valence-corrected chi connectivity index (χ0v) is 12.2. The van der Waals surface area contributed by atoms with E-state index in [4.69, 9.17) is 14.5 Å². The molecule has 0 aromatic carbocycles. The number of rotatable bonds is 9. The van der Waals surface area contributed by atoms with Crippen LogP contribution in [-0.2, 0) is 18.6 Å². The molecule has 0 aromatic rings. The minimum absolute atomic E-state index is 0.248. The Morgan fingerprint density at radius 2 is 2.11 bits per heavy atom. The SMILES string of the molecule is CCCCCOP(C)(=O)CCC(C#N)OC(C)=O. The molecule has 2 unspecified atom stereocenters. The highest BCUT2D eigenvalue weighted by atomic mass is 31.2. The van der Waals surface area contributed by atoms with Gasteiger partial charge in [-0.15, -0.1) is 0 Å². The maximum Gasteiger partial charge on any atom is 0.303 e. The molecular weight excluding hydrogens is 253 g/mol. The van der Waals surface area contributed by atoms with Crippen molar-refractivity contribution in [3.8, 4) is 6.07 Å². The van der Waals surface area contributed by atoms with Crippen molar-refractivity contribution in [1.29, 1.82) is 5.26 Å². The van der Waals surface area contributed by atoms with Gasteiger partial charge in [0.25, 0.3) is 0 Å². The first kappa shape index (κ1) is 17.2. The highest BCUT2D eigenvalue weighted by Gasteiger charge is 2.20. The van der Waals surface area contributed by atoms with Crippen molar-refractivity contribution in [2.45, 2.75) is 45.6 Å². The normalized spacial score (nSPS) is 15.4. The largest absolute Gasteiger partial charge is 0.447 e. The molecule has 0 bridgehead atoms. The summed E-state index contributed by atoms with van der Waals surface area (Å²) in [5, 5.41) is 8.76. The summed E-state index contributed by atoms with van der Waals surface area (Å²) in [6, 6.07) is 1.86. The van der Waals surface area contributed by atoms with Crippen molar-refractivity contribution < 1.29 is 18.6 Å². The Bertz CT molecular complexity index is 337. The van der Waals surface area contributed by atoms with Gasteiger partial charge in [-0.3, -0.25) is 9.36 Å². The van der Waals surface area contributed by atoms with Crippen LogP contribution in [0.5, 0.6) is 0 Å². The van der Waals surface area contributed by atoms with Crippen LogP contribution >= 0.6 is 7.37 Å². The molecule has 0 rings (SSSR count). The average Bonchev–Trinajstić information content (AvgIpc) is 2.30. The molecule has 2 atom stereocenters. The van der Waals surface area contributed by atoms with E-state index in [1.807, 2.05) is 6.07 Å². The minimum atomic E-state index is -2.69. The van der Waals surface area contributed by atoms with Crippen LogP contribution in [0.3, 0.4) is 0 Å². The molecule has 0 radical (unpaired) electrons. The van der Waals surface area contributed by atoms with Gasteiger partial charge in [-0.1, -0.05) is 19.8 Å². The molecule has 0 aliphatic heterocycles. The highest BCUT2D eigenvalue weighted by molar-refractivity contribution is 7.58. The molecule has 0 saturated carbocycles. The Balaban J connectivity index is 3.97. The van der Waals surface area contributed by atoms with Crippen molar-refractivity contribution in [3.63, 3.8) is 0 Å². The molecule has 6 heteroatoms. The molecular formula is C12H22NO4P. The van der Waals surface area contributed by atoms with E-state index < -0.39 is 19.4 Å². The first-order chi connectivity index (χ1) is 8.41. The van der Waals surface area contributed by atoms with Crippen molar-refractivity contribution in [2.75, 3.05) is 19.4 Å². The van der Waals surface area contributed by atoms with E-state index in [1.54, 1.807) is 6.66 Å². The second-order valence-corrected chi connectivity index (χ2v) is 7.03. The fourth-order valence-electron chi connectivity index (χ4n) is 1.38. The fraction of sp³-hybridized carbons (Fsp3) is 0.833. The number of esters is 1. The van der Waals surface area contributed by atoms with Crippen molar-refractivity contribution in [1.82, 2.24) is 0 Å². The summed E-state index contributed by atoms with van der Waals surface area (Å²) in [5.74, 6) is -0.503. The van der Waals surface area contributed by atoms with Crippen molar-refractivity contribution >= 4 is 13.3 Å². The molecule has 0 heterocycles. The van der Waals surface area contributed by atoms with E-state index >= 15 is 0 Å². The van der Waals surface area contributed by atoms with Crippen LogP contribution in [0.2, 0.25) is 0 Å². The van der Waals surface area contributed by atoms with Crippen LogP contribution in [0.4, 0.5) is 0 Å². The van der Waals surface area contributed by atoms with Crippen LogP contribution < -0.4 is 0 Å². The summed E-state index contributed by atoms with van der Waals surface area (Å²) in [7, 11) is -2.69. The summed E-state index contributed by atoms with van der Waals surface area (Å²) in [5.41, 5.74) is 0. The smallest absolute Gasteiger partial charge is 0.303 e. The summed E-state index contributed by atoms with van der Waals surface area (Å²) < 4.78 is 22.1. The Labute approximate surface area is 109 Å². The Hall–Kier alpha value is -0.850. The predicted molar refractivity (Wildman–Crippen MR) is 69.7 cm³/mol. The third kappa shape index (κ3) is 9.21. The lowest BCUT2D eigenvalue weighted by atomic mass is 10.3. The van der Waals surface area contributed by atoms with E-state index in [9.17, 15) is 9.36 Å². The monoisotopic (exact) mass is 275 g/mol. The van der Waals surface area contributed by atoms with Crippen LogP contribution in [0.25, 0.3) is 0 Å². The van der Waals surface area contributed by atoms with Crippen LogP contribution in [0.15, 0.2) is 0 Å². The summed E-state index contributed by atoms with van der Waals surface area (Å²) in [6.45, 7) is 5.37. The van der Waals surface area contributed by atoms with Gasteiger partial charge in [0.1, 0.15) is 6.07 Å². The fourth-order valence-corrected chi connectivity index (χ4v) is 2.72. The summed E-state index contributed by atoms with van der Waals surface area (Å²) in [4.78, 5) is 10.7. The molecule has 104 valence electrons. The standard InChI is InChI=1S/C12H22NO4P/c1-4-5-6-8-16-18(3,15)9-7-12(10-13)17-11(2)14/h12H,4-9H2,1-3H3. The topological polar surface area (TPSA) is 76.4 Å². The zero-order valence-electron chi connectivity index (χ0n) is 11.3. The van der Waals surface area contributed by atoms with Gasteiger partial charge in [-0.25, -0.2) is 0 Å². The highest BCUT2D eigenvalue weighted by Crippen LogP contribution is 2.43. The molecule has 18 heavy (non-hydrogen) atoms. The lowest BCUT2D eigenvalue weighted by Crippen LogP contribution is -2.16. The molecule has 0 fully saturated rings. The molecule has 0 aromatic heterocycles. The number of nitriles is 1. The average molecular weight is 275 g/mol. The van der Waals surface area contributed by atoms with Crippen LogP contribution in [0, 0.1) is 11.3 Å². The number of carbonyl (C=O) groups excluding carboxylic acids is 1. The minimum Gasteiger partial charge on any atom is -0.447 e. The first-order valence-corrected chi connectivity index (χ1v) is 8.45. The summed E-state index contributed by atoms with van der Waals surface area (Å²) >= 11 is 0. The number of carbonyl (C=O) groups is 1. The van der Waals surface area contributed by atoms with E-state index in [2.05, 4.69) is 6.92 Å². The predicted octanol–water partition coefficient (Wildman–Crippen LogP) is 2.95. The maximum atomic E-state index is 12.0. The van der Waals surface area contributed by atoms with E-state index in [-0.39, 0.29) is 12.6 Å². The van der Waals surface area contributed by atoms with Crippen LogP contribution in [0.1, 0.15) is 39.5 Å². The van der Waals surface area contributed by atoms with Crippen molar-refractivity contribution in [2.24, 2.45) is 0 Å². The third-order valence-corrected chi connectivity index (χ3v) is 4.16. The quantitative estimate of drug-likeness (QED) is 0.367. The van der Waals surface area contributed by atoms with Gasteiger partial charge in [0.15, 0.2) is 13.5 Å². The Morgan fingerprint density at radius 3 is 2.61 bits per heavy atom. The molecule has 0 aliphatic rings. The van der Waals surface area contributed by atoms with Gasteiger partial charge >= 0.3 is 5.97 Å². The maximum absolute atomic E-state index is 12.0. The van der Waals surface area contributed by atoms with Gasteiger partial charge in [0.05, 0.1) is 6.61 Å². The second-order valence-electron chi connectivity index (χ2n) is 4.29. The molecule has 0 amide bonds. The molecule has 0 aliphatic carbocycles. The Morgan fingerprint density at radius 1 is 1.44 bits per heavy atom. The molecule has 0 N–H and O–H groups in total. The van der Waals surface area contributed by atoms with Crippen molar-refractivity contribution in [3.05, 3.63) is 0 Å². The number of nitrogens with zero attached hydrogens (tertiary/aromatic N) is 1. The molecule has 5 nitrogen and oxygen atoms in total. The molecule has 0 saturated heterocycles. The number of hydrogen-bond donors (Lipinski definition) is 0.